The fourth-order valence-electron chi connectivity index (χ4n) is 4.93. The topological polar surface area (TPSA) is 70.8 Å². The third kappa shape index (κ3) is 2.87. The number of amides is 3. The van der Waals surface area contributed by atoms with Gasteiger partial charge in [-0.25, -0.2) is 0 Å². The highest BCUT2D eigenvalue weighted by atomic mass is 79.9. The van der Waals surface area contributed by atoms with Crippen LogP contribution >= 0.6 is 15.9 Å². The van der Waals surface area contributed by atoms with Crippen molar-refractivity contribution in [3.8, 4) is 0 Å². The molecule has 3 aliphatic rings. The Bertz CT molecular complexity index is 783. The van der Waals surface area contributed by atoms with E-state index >= 15 is 0 Å². The Kier molecular flexibility index (Phi) is 4.74. The predicted octanol–water partition coefficient (Wildman–Crippen LogP) is 3.15. The molecule has 7 heteroatoms. The minimum Gasteiger partial charge on any atom is -0.452 e. The molecular formula is C20H23BrN2O4. The summed E-state index contributed by atoms with van der Waals surface area (Å²) in [6.07, 6.45) is 5.07. The van der Waals surface area contributed by atoms with Crippen molar-refractivity contribution >= 4 is 33.7 Å². The smallest absolute Gasteiger partial charge is 0.234 e. The van der Waals surface area contributed by atoms with Crippen LogP contribution in [0.25, 0.3) is 0 Å². The van der Waals surface area contributed by atoms with Crippen LogP contribution in [0.3, 0.4) is 0 Å². The van der Waals surface area contributed by atoms with Gasteiger partial charge in [-0.3, -0.25) is 19.3 Å². The van der Waals surface area contributed by atoms with Crippen molar-refractivity contribution in [1.29, 1.82) is 0 Å². The fraction of sp³-hybridized carbons (Fsp3) is 0.550. The first-order chi connectivity index (χ1) is 13.0. The SMILES string of the molecule is CCN(CC)C(=O)CC(c1ccc(Br)o1)N1C(=O)C2C3C=CC(C3)C2C1=O. The molecule has 1 aromatic heterocycles. The highest BCUT2D eigenvalue weighted by Gasteiger charge is 2.60. The van der Waals surface area contributed by atoms with E-state index in [1.54, 1.807) is 17.0 Å². The number of halogens is 1. The van der Waals surface area contributed by atoms with E-state index in [1.165, 1.54) is 4.90 Å². The van der Waals surface area contributed by atoms with Crippen LogP contribution < -0.4 is 0 Å². The molecule has 2 fully saturated rings. The fourth-order valence-corrected chi connectivity index (χ4v) is 5.25. The van der Waals surface area contributed by atoms with Gasteiger partial charge in [-0.05, 0) is 60.2 Å². The van der Waals surface area contributed by atoms with Crippen LogP contribution in [0.2, 0.25) is 0 Å². The first kappa shape index (κ1) is 18.5. The van der Waals surface area contributed by atoms with E-state index in [4.69, 9.17) is 4.42 Å². The summed E-state index contributed by atoms with van der Waals surface area (Å²) in [6, 6.07) is 2.75. The van der Waals surface area contributed by atoms with Gasteiger partial charge < -0.3 is 9.32 Å². The lowest BCUT2D eigenvalue weighted by Crippen LogP contribution is -2.40. The number of rotatable bonds is 6. The van der Waals surface area contributed by atoms with Gasteiger partial charge in [0.2, 0.25) is 17.7 Å². The number of hydrogen-bond acceptors (Lipinski definition) is 4. The molecule has 2 heterocycles. The second-order valence-corrected chi connectivity index (χ2v) is 8.26. The van der Waals surface area contributed by atoms with E-state index in [0.717, 1.165) is 6.42 Å². The number of likely N-dealkylation sites (tertiary alicyclic amines) is 1. The Balaban J connectivity index is 1.66. The van der Waals surface area contributed by atoms with Gasteiger partial charge in [0.05, 0.1) is 18.3 Å². The maximum absolute atomic E-state index is 13.2. The average molecular weight is 435 g/mol. The third-order valence-electron chi connectivity index (χ3n) is 6.22. The number of allylic oxidation sites excluding steroid dienone is 2. The molecule has 0 N–H and O–H groups in total. The van der Waals surface area contributed by atoms with Gasteiger partial charge in [-0.1, -0.05) is 12.2 Å². The summed E-state index contributed by atoms with van der Waals surface area (Å²) < 4.78 is 6.19. The van der Waals surface area contributed by atoms with Crippen molar-refractivity contribution in [1.82, 2.24) is 9.80 Å². The molecule has 0 aromatic carbocycles. The van der Waals surface area contributed by atoms with Gasteiger partial charge >= 0.3 is 0 Å². The Morgan fingerprint density at radius 2 is 1.78 bits per heavy atom. The van der Waals surface area contributed by atoms with Gasteiger partial charge in [-0.2, -0.15) is 0 Å². The number of hydrogen-bond donors (Lipinski definition) is 0. The molecule has 6 nitrogen and oxygen atoms in total. The van der Waals surface area contributed by atoms with Crippen molar-refractivity contribution < 1.29 is 18.8 Å². The first-order valence-electron chi connectivity index (χ1n) is 9.54. The standard InChI is InChI=1S/C20H23BrN2O4/c1-3-22(4-2)16(24)10-13(14-7-8-15(21)27-14)23-19(25)17-11-5-6-12(9-11)18(17)20(23)26/h5-8,11-13,17-18H,3-4,9-10H2,1-2H3. The zero-order valence-corrected chi connectivity index (χ0v) is 17.0. The van der Waals surface area contributed by atoms with Crippen LogP contribution in [0.15, 0.2) is 33.4 Å². The highest BCUT2D eigenvalue weighted by Crippen LogP contribution is 2.54. The summed E-state index contributed by atoms with van der Waals surface area (Å²) in [5.41, 5.74) is 0. The summed E-state index contributed by atoms with van der Waals surface area (Å²) in [6.45, 7) is 5.01. The molecule has 0 spiro atoms. The molecule has 27 heavy (non-hydrogen) atoms. The van der Waals surface area contributed by atoms with E-state index in [-0.39, 0.29) is 47.8 Å². The number of nitrogens with zero attached hydrogens (tertiary/aromatic N) is 2. The summed E-state index contributed by atoms with van der Waals surface area (Å²) >= 11 is 3.28. The van der Waals surface area contributed by atoms with Gasteiger partial charge in [0.25, 0.3) is 0 Å². The summed E-state index contributed by atoms with van der Waals surface area (Å²) in [5, 5.41) is 0. The normalized spacial score (nSPS) is 29.5. The van der Waals surface area contributed by atoms with E-state index in [1.807, 2.05) is 13.8 Å². The molecule has 144 valence electrons. The largest absolute Gasteiger partial charge is 0.452 e. The second-order valence-electron chi connectivity index (χ2n) is 7.47. The molecule has 0 radical (unpaired) electrons. The summed E-state index contributed by atoms with van der Waals surface area (Å²) in [5.74, 6) is -0.221. The van der Waals surface area contributed by atoms with Crippen LogP contribution in [-0.2, 0) is 14.4 Å². The number of fused-ring (bicyclic) bond motifs is 5. The Labute approximate surface area is 166 Å². The van der Waals surface area contributed by atoms with Crippen LogP contribution in [0.5, 0.6) is 0 Å². The van der Waals surface area contributed by atoms with Crippen LogP contribution in [0.1, 0.15) is 38.5 Å². The minimum atomic E-state index is -0.700. The van der Waals surface area contributed by atoms with Crippen molar-refractivity contribution in [2.24, 2.45) is 23.7 Å². The molecule has 1 aliphatic heterocycles. The van der Waals surface area contributed by atoms with Crippen molar-refractivity contribution in [3.63, 3.8) is 0 Å². The van der Waals surface area contributed by atoms with Crippen molar-refractivity contribution in [3.05, 3.63) is 34.7 Å². The van der Waals surface area contributed by atoms with Crippen LogP contribution in [-0.4, -0.2) is 40.6 Å². The van der Waals surface area contributed by atoms with Crippen molar-refractivity contribution in [2.45, 2.75) is 32.7 Å². The lowest BCUT2D eigenvalue weighted by molar-refractivity contribution is -0.145. The minimum absolute atomic E-state index is 0.0430. The van der Waals surface area contributed by atoms with Crippen molar-refractivity contribution in [2.75, 3.05) is 13.1 Å². The second kappa shape index (κ2) is 6.93. The lowest BCUT2D eigenvalue weighted by Gasteiger charge is -2.28. The third-order valence-corrected chi connectivity index (χ3v) is 6.65. The monoisotopic (exact) mass is 434 g/mol. The van der Waals surface area contributed by atoms with Crippen LogP contribution in [0, 0.1) is 23.7 Å². The summed E-state index contributed by atoms with van der Waals surface area (Å²) in [7, 11) is 0. The molecule has 1 aromatic rings. The molecule has 2 bridgehead atoms. The van der Waals surface area contributed by atoms with E-state index in [2.05, 4.69) is 28.1 Å². The van der Waals surface area contributed by atoms with Crippen LogP contribution in [0.4, 0.5) is 0 Å². The number of furan rings is 1. The van der Waals surface area contributed by atoms with E-state index in [0.29, 0.717) is 23.5 Å². The van der Waals surface area contributed by atoms with E-state index in [9.17, 15) is 14.4 Å². The summed E-state index contributed by atoms with van der Waals surface area (Å²) in [4.78, 5) is 42.2. The Morgan fingerprint density at radius 1 is 1.19 bits per heavy atom. The maximum atomic E-state index is 13.2. The number of imide groups is 1. The molecule has 1 saturated carbocycles. The van der Waals surface area contributed by atoms with Gasteiger partial charge in [0, 0.05) is 13.1 Å². The van der Waals surface area contributed by atoms with Gasteiger partial charge in [0.15, 0.2) is 4.67 Å². The Morgan fingerprint density at radius 3 is 2.26 bits per heavy atom. The maximum Gasteiger partial charge on any atom is 0.234 e. The molecule has 5 unspecified atom stereocenters. The quantitative estimate of drug-likeness (QED) is 0.509. The lowest BCUT2D eigenvalue weighted by atomic mass is 9.85. The molecule has 3 amide bonds. The van der Waals surface area contributed by atoms with E-state index < -0.39 is 6.04 Å². The predicted molar refractivity (Wildman–Crippen MR) is 101 cm³/mol. The zero-order valence-electron chi connectivity index (χ0n) is 15.4. The highest BCUT2D eigenvalue weighted by molar-refractivity contribution is 9.10. The molecular weight excluding hydrogens is 412 g/mol. The van der Waals surface area contributed by atoms with Gasteiger partial charge in [-0.15, -0.1) is 0 Å². The van der Waals surface area contributed by atoms with Gasteiger partial charge in [0.1, 0.15) is 11.8 Å². The zero-order chi connectivity index (χ0) is 19.3. The first-order valence-corrected chi connectivity index (χ1v) is 10.3. The molecule has 5 atom stereocenters. The molecule has 1 saturated heterocycles. The number of carbonyl (C=O) groups excluding carboxylic acids is 3. The average Bonchev–Trinajstić information content (AvgIpc) is 3.40. The molecule has 2 aliphatic carbocycles. The number of carbonyl (C=O) groups is 3. The molecule has 4 rings (SSSR count). The Hall–Kier alpha value is -1.89.